The molecule has 26 heavy (non-hydrogen) atoms. The van der Waals surface area contributed by atoms with Crippen LogP contribution in [0.5, 0.6) is 11.5 Å². The Bertz CT molecular complexity index is 923. The van der Waals surface area contributed by atoms with E-state index in [1.165, 1.54) is 0 Å². The molecule has 1 aliphatic rings. The second-order valence-electron chi connectivity index (χ2n) is 5.95. The molecular weight excluding hydrogens is 400 g/mol. The van der Waals surface area contributed by atoms with Crippen molar-refractivity contribution in [2.24, 2.45) is 0 Å². The predicted octanol–water partition coefficient (Wildman–Crippen LogP) is 2.46. The van der Waals surface area contributed by atoms with Crippen LogP contribution >= 0.6 is 15.9 Å². The number of benzene rings is 1. The smallest absolute Gasteiger partial charge is 0.187 e. The number of hydrogen-bond acceptors (Lipinski definition) is 7. The summed E-state index contributed by atoms with van der Waals surface area (Å²) in [5.74, 6) is 2.51. The van der Waals surface area contributed by atoms with Gasteiger partial charge in [-0.25, -0.2) is 9.97 Å². The molecule has 1 fully saturated rings. The predicted molar refractivity (Wildman–Crippen MR) is 103 cm³/mol. The number of fused-ring (bicyclic) bond motifs is 1. The minimum Gasteiger partial charge on any atom is -0.497 e. The summed E-state index contributed by atoms with van der Waals surface area (Å²) in [5, 5.41) is 8.02. The van der Waals surface area contributed by atoms with Crippen molar-refractivity contribution in [3.05, 3.63) is 29.1 Å². The van der Waals surface area contributed by atoms with Gasteiger partial charge in [0.2, 0.25) is 0 Å². The van der Waals surface area contributed by atoms with E-state index in [-0.39, 0.29) is 0 Å². The summed E-state index contributed by atoms with van der Waals surface area (Å²) in [4.78, 5) is 13.3. The first kappa shape index (κ1) is 16.9. The van der Waals surface area contributed by atoms with Gasteiger partial charge < -0.3 is 19.3 Å². The molecular formula is C17H19BrN6O2. The maximum atomic E-state index is 5.54. The number of H-pyrrole nitrogens is 1. The van der Waals surface area contributed by atoms with Gasteiger partial charge in [0.05, 0.1) is 25.3 Å². The summed E-state index contributed by atoms with van der Waals surface area (Å²) in [6, 6.07) is 5.92. The maximum absolute atomic E-state index is 5.54. The lowest BCUT2D eigenvalue weighted by Gasteiger charge is -2.37. The third kappa shape index (κ3) is 2.92. The molecule has 1 aliphatic heterocycles. The Hall–Kier alpha value is -2.55. The van der Waals surface area contributed by atoms with Crippen LogP contribution in [0.25, 0.3) is 11.0 Å². The Balaban J connectivity index is 1.55. The maximum Gasteiger partial charge on any atom is 0.187 e. The van der Waals surface area contributed by atoms with Gasteiger partial charge in [-0.05, 0) is 28.1 Å². The molecule has 3 heterocycles. The molecule has 136 valence electrons. The Morgan fingerprint density at radius 3 is 2.54 bits per heavy atom. The molecule has 3 aromatic rings. The average molecular weight is 419 g/mol. The molecule has 8 nitrogen and oxygen atoms in total. The zero-order valence-electron chi connectivity index (χ0n) is 14.6. The summed E-state index contributed by atoms with van der Waals surface area (Å²) >= 11 is 3.50. The molecule has 0 bridgehead atoms. The first-order chi connectivity index (χ1) is 12.7. The molecule has 0 amide bonds. The lowest BCUT2D eigenvalue weighted by Crippen LogP contribution is -2.47. The second kappa shape index (κ2) is 6.99. The van der Waals surface area contributed by atoms with Crippen molar-refractivity contribution in [1.82, 2.24) is 20.2 Å². The number of aromatic amines is 1. The molecule has 0 aliphatic carbocycles. The van der Waals surface area contributed by atoms with E-state index in [9.17, 15) is 0 Å². The van der Waals surface area contributed by atoms with Gasteiger partial charge in [0.1, 0.15) is 28.2 Å². The fraction of sp³-hybridized carbons (Fsp3) is 0.353. The number of nitrogens with zero attached hydrogens (tertiary/aromatic N) is 5. The standard InChI is InChI=1S/C17H19BrN6O2/c1-25-11-3-4-12(13(9-11)26-2)23-5-7-24(8-6-23)17-14-15(18)21-22-16(14)19-10-20-17/h3-4,9-10H,5-8H2,1-2H3,(H,19,20,21,22). The monoisotopic (exact) mass is 418 g/mol. The van der Waals surface area contributed by atoms with E-state index in [0.29, 0.717) is 5.65 Å². The summed E-state index contributed by atoms with van der Waals surface area (Å²) in [6.07, 6.45) is 1.56. The first-order valence-electron chi connectivity index (χ1n) is 8.27. The van der Waals surface area contributed by atoms with Crippen molar-refractivity contribution in [2.75, 3.05) is 50.2 Å². The Morgan fingerprint density at radius 2 is 1.81 bits per heavy atom. The molecule has 1 saturated heterocycles. The number of anilines is 2. The van der Waals surface area contributed by atoms with Crippen molar-refractivity contribution in [3.8, 4) is 11.5 Å². The van der Waals surface area contributed by atoms with Gasteiger partial charge in [-0.2, -0.15) is 5.10 Å². The van der Waals surface area contributed by atoms with E-state index >= 15 is 0 Å². The molecule has 0 unspecified atom stereocenters. The number of ether oxygens (including phenoxy) is 2. The van der Waals surface area contributed by atoms with Gasteiger partial charge in [-0.15, -0.1) is 0 Å². The van der Waals surface area contributed by atoms with Gasteiger partial charge >= 0.3 is 0 Å². The highest BCUT2D eigenvalue weighted by Gasteiger charge is 2.23. The highest BCUT2D eigenvalue weighted by atomic mass is 79.9. The lowest BCUT2D eigenvalue weighted by atomic mass is 10.2. The Morgan fingerprint density at radius 1 is 1.04 bits per heavy atom. The molecule has 2 aromatic heterocycles. The summed E-state index contributed by atoms with van der Waals surface area (Å²) in [6.45, 7) is 3.42. The number of hydrogen-bond donors (Lipinski definition) is 1. The van der Waals surface area contributed by atoms with Crippen molar-refractivity contribution in [1.29, 1.82) is 0 Å². The van der Waals surface area contributed by atoms with Gasteiger partial charge in [0.15, 0.2) is 5.65 Å². The minimum atomic E-state index is 0.668. The van der Waals surface area contributed by atoms with E-state index in [4.69, 9.17) is 9.47 Å². The summed E-state index contributed by atoms with van der Waals surface area (Å²) in [5.41, 5.74) is 1.74. The van der Waals surface area contributed by atoms with Crippen LogP contribution in [0.15, 0.2) is 29.1 Å². The normalized spacial score (nSPS) is 14.7. The molecule has 1 N–H and O–H groups in total. The summed E-state index contributed by atoms with van der Waals surface area (Å²) < 4.78 is 11.6. The van der Waals surface area contributed by atoms with Crippen molar-refractivity contribution < 1.29 is 9.47 Å². The fourth-order valence-corrected chi connectivity index (χ4v) is 3.69. The van der Waals surface area contributed by atoms with E-state index in [1.54, 1.807) is 20.5 Å². The lowest BCUT2D eigenvalue weighted by molar-refractivity contribution is 0.394. The topological polar surface area (TPSA) is 79.4 Å². The molecule has 1 aromatic carbocycles. The SMILES string of the molecule is COc1ccc(N2CCN(c3ncnc4n[nH]c(Br)c34)CC2)c(OC)c1. The van der Waals surface area contributed by atoms with Crippen LogP contribution < -0.4 is 19.3 Å². The number of nitrogens with one attached hydrogen (secondary N) is 1. The van der Waals surface area contributed by atoms with Crippen LogP contribution in [-0.4, -0.2) is 60.6 Å². The van der Waals surface area contributed by atoms with E-state index in [1.807, 2.05) is 18.2 Å². The van der Waals surface area contributed by atoms with Crippen LogP contribution in [0, 0.1) is 0 Å². The van der Waals surface area contributed by atoms with Gasteiger partial charge in [-0.1, -0.05) is 0 Å². The number of methoxy groups -OCH3 is 2. The molecule has 9 heteroatoms. The summed E-state index contributed by atoms with van der Waals surface area (Å²) in [7, 11) is 3.34. The van der Waals surface area contributed by atoms with E-state index < -0.39 is 0 Å². The van der Waals surface area contributed by atoms with Crippen LogP contribution in [0.4, 0.5) is 11.5 Å². The first-order valence-corrected chi connectivity index (χ1v) is 9.07. The molecule has 0 radical (unpaired) electrons. The largest absolute Gasteiger partial charge is 0.497 e. The van der Waals surface area contributed by atoms with Crippen molar-refractivity contribution in [2.45, 2.75) is 0 Å². The number of rotatable bonds is 4. The zero-order chi connectivity index (χ0) is 18.1. The third-order valence-electron chi connectivity index (χ3n) is 4.59. The van der Waals surface area contributed by atoms with Gasteiger partial charge in [0, 0.05) is 32.2 Å². The Labute approximate surface area is 159 Å². The third-order valence-corrected chi connectivity index (χ3v) is 5.17. The second-order valence-corrected chi connectivity index (χ2v) is 6.74. The minimum absolute atomic E-state index is 0.668. The van der Waals surface area contributed by atoms with Crippen LogP contribution in [-0.2, 0) is 0 Å². The van der Waals surface area contributed by atoms with Crippen molar-refractivity contribution in [3.63, 3.8) is 0 Å². The van der Waals surface area contributed by atoms with Crippen LogP contribution in [0.3, 0.4) is 0 Å². The quantitative estimate of drug-likeness (QED) is 0.696. The number of piperazine rings is 1. The van der Waals surface area contributed by atoms with Gasteiger partial charge in [-0.3, -0.25) is 5.10 Å². The average Bonchev–Trinajstić information content (AvgIpc) is 3.09. The fourth-order valence-electron chi connectivity index (χ4n) is 3.25. The van der Waals surface area contributed by atoms with Crippen LogP contribution in [0.1, 0.15) is 0 Å². The Kier molecular flexibility index (Phi) is 4.54. The zero-order valence-corrected chi connectivity index (χ0v) is 16.2. The van der Waals surface area contributed by atoms with Crippen molar-refractivity contribution >= 4 is 38.5 Å². The highest BCUT2D eigenvalue weighted by molar-refractivity contribution is 9.10. The molecule has 0 spiro atoms. The number of aromatic nitrogens is 4. The van der Waals surface area contributed by atoms with Gasteiger partial charge in [0.25, 0.3) is 0 Å². The van der Waals surface area contributed by atoms with E-state index in [0.717, 1.165) is 59.2 Å². The molecule has 4 rings (SSSR count). The molecule has 0 atom stereocenters. The number of halogens is 1. The van der Waals surface area contributed by atoms with E-state index in [2.05, 4.69) is 45.9 Å². The van der Waals surface area contributed by atoms with Crippen LogP contribution in [0.2, 0.25) is 0 Å². The highest BCUT2D eigenvalue weighted by Crippen LogP contribution is 2.34. The molecule has 0 saturated carbocycles.